The molecule has 0 aliphatic rings. The van der Waals surface area contributed by atoms with Crippen LogP contribution < -0.4 is 11.1 Å². The minimum atomic E-state index is 0.0327. The molecular formula is C14H17N3OS. The number of hydrogen-bond donors (Lipinski definition) is 2. The van der Waals surface area contributed by atoms with Crippen LogP contribution in [-0.2, 0) is 6.42 Å². The van der Waals surface area contributed by atoms with Gasteiger partial charge in [0.05, 0.1) is 0 Å². The first-order valence-electron chi connectivity index (χ1n) is 6.29. The normalized spacial score (nSPS) is 10.4. The quantitative estimate of drug-likeness (QED) is 0.818. The molecule has 1 heterocycles. The predicted molar refractivity (Wildman–Crippen MR) is 80.3 cm³/mol. The molecule has 5 heteroatoms. The summed E-state index contributed by atoms with van der Waals surface area (Å²) in [4.78, 5) is 16.4. The van der Waals surface area contributed by atoms with E-state index in [0.717, 1.165) is 12.1 Å². The van der Waals surface area contributed by atoms with Crippen molar-refractivity contribution in [3.63, 3.8) is 0 Å². The van der Waals surface area contributed by atoms with Gasteiger partial charge in [0.15, 0.2) is 10.9 Å². The average molecular weight is 275 g/mol. The highest BCUT2D eigenvalue weighted by molar-refractivity contribution is 7.18. The topological polar surface area (TPSA) is 68.0 Å². The van der Waals surface area contributed by atoms with E-state index >= 15 is 0 Å². The zero-order valence-electron chi connectivity index (χ0n) is 11.1. The minimum absolute atomic E-state index is 0.0327. The number of nitrogens with two attached hydrogens (primary N) is 1. The van der Waals surface area contributed by atoms with E-state index in [-0.39, 0.29) is 5.78 Å². The number of rotatable bonds is 5. The average Bonchev–Trinajstić information content (AvgIpc) is 2.79. The fourth-order valence-corrected chi connectivity index (χ4v) is 2.65. The molecule has 0 amide bonds. The smallest absolute Gasteiger partial charge is 0.189 e. The first kappa shape index (κ1) is 13.5. The van der Waals surface area contributed by atoms with Gasteiger partial charge < -0.3 is 11.1 Å². The van der Waals surface area contributed by atoms with Gasteiger partial charge in [0.2, 0.25) is 0 Å². The van der Waals surface area contributed by atoms with Crippen LogP contribution in [0.2, 0.25) is 0 Å². The van der Waals surface area contributed by atoms with E-state index in [4.69, 9.17) is 5.73 Å². The van der Waals surface area contributed by atoms with Gasteiger partial charge in [-0.2, -0.15) is 0 Å². The standard InChI is InChI=1S/C14H17N3OS/c1-3-9-6-5-7-10(8-9)16-14-17-13(15)12(19-14)11(18)4-2/h5-8H,3-4,15H2,1-2H3,(H,16,17). The molecule has 0 saturated heterocycles. The number of aryl methyl sites for hydroxylation is 1. The summed E-state index contributed by atoms with van der Waals surface area (Å²) in [5, 5.41) is 3.85. The van der Waals surface area contributed by atoms with Gasteiger partial charge in [-0.25, -0.2) is 4.98 Å². The van der Waals surface area contributed by atoms with Crippen molar-refractivity contribution in [1.29, 1.82) is 0 Å². The van der Waals surface area contributed by atoms with Gasteiger partial charge in [-0.1, -0.05) is 37.3 Å². The highest BCUT2D eigenvalue weighted by Crippen LogP contribution is 2.28. The SMILES string of the molecule is CCC(=O)c1sc(Nc2cccc(CC)c2)nc1N. The van der Waals surface area contributed by atoms with Gasteiger partial charge in [0, 0.05) is 12.1 Å². The number of ketones is 1. The van der Waals surface area contributed by atoms with E-state index in [2.05, 4.69) is 29.4 Å². The van der Waals surface area contributed by atoms with Crippen molar-refractivity contribution >= 4 is 33.8 Å². The number of nitrogens with zero attached hydrogens (tertiary/aromatic N) is 1. The summed E-state index contributed by atoms with van der Waals surface area (Å²) < 4.78 is 0. The lowest BCUT2D eigenvalue weighted by molar-refractivity contribution is 0.0992. The molecule has 0 aliphatic heterocycles. The van der Waals surface area contributed by atoms with Crippen LogP contribution in [0, 0.1) is 0 Å². The van der Waals surface area contributed by atoms with Crippen LogP contribution in [-0.4, -0.2) is 10.8 Å². The maximum absolute atomic E-state index is 11.7. The Morgan fingerprint density at radius 2 is 2.21 bits per heavy atom. The van der Waals surface area contributed by atoms with Crippen LogP contribution in [0.5, 0.6) is 0 Å². The van der Waals surface area contributed by atoms with E-state index < -0.39 is 0 Å². The second-order valence-electron chi connectivity index (χ2n) is 4.19. The fourth-order valence-electron chi connectivity index (χ4n) is 1.74. The lowest BCUT2D eigenvalue weighted by Crippen LogP contribution is -1.98. The van der Waals surface area contributed by atoms with Crippen LogP contribution in [0.25, 0.3) is 0 Å². The Kier molecular flexibility index (Phi) is 4.16. The Labute approximate surface area is 116 Å². The number of nitrogens with one attached hydrogen (secondary N) is 1. The maximum Gasteiger partial charge on any atom is 0.189 e. The van der Waals surface area contributed by atoms with Gasteiger partial charge in [-0.3, -0.25) is 4.79 Å². The van der Waals surface area contributed by atoms with Crippen LogP contribution in [0.3, 0.4) is 0 Å². The number of benzene rings is 1. The molecule has 1 aromatic carbocycles. The van der Waals surface area contributed by atoms with Gasteiger partial charge in [-0.15, -0.1) is 0 Å². The molecule has 0 unspecified atom stereocenters. The van der Waals surface area contributed by atoms with Crippen molar-refractivity contribution in [3.05, 3.63) is 34.7 Å². The van der Waals surface area contributed by atoms with Crippen molar-refractivity contribution in [2.45, 2.75) is 26.7 Å². The highest BCUT2D eigenvalue weighted by atomic mass is 32.1. The number of carbonyl (C=O) groups is 1. The number of aromatic nitrogens is 1. The third-order valence-corrected chi connectivity index (χ3v) is 3.84. The van der Waals surface area contributed by atoms with E-state index in [9.17, 15) is 4.79 Å². The summed E-state index contributed by atoms with van der Waals surface area (Å²) in [6.45, 7) is 3.93. The number of anilines is 3. The highest BCUT2D eigenvalue weighted by Gasteiger charge is 2.14. The Hall–Kier alpha value is -1.88. The molecule has 0 saturated carbocycles. The zero-order valence-corrected chi connectivity index (χ0v) is 11.9. The molecule has 4 nitrogen and oxygen atoms in total. The molecule has 1 aromatic heterocycles. The third kappa shape index (κ3) is 3.12. The summed E-state index contributed by atoms with van der Waals surface area (Å²) in [6, 6.07) is 8.11. The molecule has 2 aromatic rings. The first-order valence-corrected chi connectivity index (χ1v) is 7.11. The Morgan fingerprint density at radius 1 is 1.42 bits per heavy atom. The minimum Gasteiger partial charge on any atom is -0.382 e. The molecule has 0 atom stereocenters. The van der Waals surface area contributed by atoms with E-state index in [1.54, 1.807) is 0 Å². The number of thiazole rings is 1. The number of Topliss-reactive ketones (excluding diaryl/α,β-unsaturated/α-hetero) is 1. The summed E-state index contributed by atoms with van der Waals surface area (Å²) in [5.74, 6) is 0.344. The van der Waals surface area contributed by atoms with Crippen LogP contribution >= 0.6 is 11.3 Å². The molecule has 0 bridgehead atoms. The second-order valence-corrected chi connectivity index (χ2v) is 5.19. The first-order chi connectivity index (χ1) is 9.13. The molecule has 3 N–H and O–H groups in total. The largest absolute Gasteiger partial charge is 0.382 e. The molecular weight excluding hydrogens is 258 g/mol. The van der Waals surface area contributed by atoms with E-state index in [0.29, 0.717) is 22.2 Å². The fraction of sp³-hybridized carbons (Fsp3) is 0.286. The van der Waals surface area contributed by atoms with Crippen molar-refractivity contribution < 1.29 is 4.79 Å². The summed E-state index contributed by atoms with van der Waals surface area (Å²) in [6.07, 6.45) is 1.42. The van der Waals surface area contributed by atoms with Gasteiger partial charge >= 0.3 is 0 Å². The van der Waals surface area contributed by atoms with E-state index in [1.165, 1.54) is 16.9 Å². The molecule has 0 spiro atoms. The van der Waals surface area contributed by atoms with Crippen LogP contribution in [0.15, 0.2) is 24.3 Å². The van der Waals surface area contributed by atoms with Gasteiger partial charge in [-0.05, 0) is 24.1 Å². The number of carbonyl (C=O) groups excluding carboxylic acids is 1. The van der Waals surface area contributed by atoms with Gasteiger partial charge in [0.1, 0.15) is 10.7 Å². The maximum atomic E-state index is 11.7. The van der Waals surface area contributed by atoms with Crippen molar-refractivity contribution in [1.82, 2.24) is 4.98 Å². The Balaban J connectivity index is 2.21. The Morgan fingerprint density at radius 3 is 2.89 bits per heavy atom. The van der Waals surface area contributed by atoms with E-state index in [1.807, 2.05) is 19.1 Å². The lowest BCUT2D eigenvalue weighted by atomic mass is 10.1. The summed E-state index contributed by atoms with van der Waals surface area (Å²) >= 11 is 1.30. The van der Waals surface area contributed by atoms with Gasteiger partial charge in [0.25, 0.3) is 0 Å². The number of nitrogen functional groups attached to an aromatic ring is 1. The number of hydrogen-bond acceptors (Lipinski definition) is 5. The van der Waals surface area contributed by atoms with Crippen molar-refractivity contribution in [2.24, 2.45) is 0 Å². The predicted octanol–water partition coefficient (Wildman–Crippen LogP) is 3.62. The lowest BCUT2D eigenvalue weighted by Gasteiger charge is -2.04. The molecule has 2 rings (SSSR count). The van der Waals surface area contributed by atoms with Crippen molar-refractivity contribution in [2.75, 3.05) is 11.1 Å². The molecule has 0 aliphatic carbocycles. The summed E-state index contributed by atoms with van der Waals surface area (Å²) in [5.41, 5.74) is 7.98. The summed E-state index contributed by atoms with van der Waals surface area (Å²) in [7, 11) is 0. The molecule has 19 heavy (non-hydrogen) atoms. The second kappa shape index (κ2) is 5.84. The van der Waals surface area contributed by atoms with Crippen LogP contribution in [0.4, 0.5) is 16.6 Å². The molecule has 0 fully saturated rings. The monoisotopic (exact) mass is 275 g/mol. The zero-order chi connectivity index (χ0) is 13.8. The molecule has 100 valence electrons. The van der Waals surface area contributed by atoms with Crippen LogP contribution in [0.1, 0.15) is 35.5 Å². The third-order valence-electron chi connectivity index (χ3n) is 2.81. The molecule has 0 radical (unpaired) electrons. The van der Waals surface area contributed by atoms with Crippen molar-refractivity contribution in [3.8, 4) is 0 Å². The Bertz CT molecular complexity index is 592.